The van der Waals surface area contributed by atoms with Gasteiger partial charge in [0.15, 0.2) is 0 Å². The van der Waals surface area contributed by atoms with Gasteiger partial charge >= 0.3 is 0 Å². The molecule has 3 aromatic carbocycles. The van der Waals surface area contributed by atoms with Crippen LogP contribution in [-0.2, 0) is 26.2 Å². The van der Waals surface area contributed by atoms with Crippen molar-refractivity contribution in [3.05, 3.63) is 89.4 Å². The molecule has 1 aliphatic rings. The topological polar surface area (TPSA) is 96.0 Å². The number of nitrogens with zero attached hydrogens (tertiary/aromatic N) is 2. The smallest absolute Gasteiger partial charge is 0.264 e. The molecule has 224 valence electrons. The molecule has 1 saturated carbocycles. The zero-order valence-electron chi connectivity index (χ0n) is 24.0. The fourth-order valence-corrected chi connectivity index (χ4v) is 6.74. The van der Waals surface area contributed by atoms with Crippen LogP contribution < -0.4 is 14.4 Å². The third kappa shape index (κ3) is 7.83. The molecular formula is C32H38ClN3O5S. The summed E-state index contributed by atoms with van der Waals surface area (Å²) in [6.07, 6.45) is 4.31. The van der Waals surface area contributed by atoms with Gasteiger partial charge < -0.3 is 15.0 Å². The van der Waals surface area contributed by atoms with E-state index < -0.39 is 28.5 Å². The highest BCUT2D eigenvalue weighted by molar-refractivity contribution is 7.92. The summed E-state index contributed by atoms with van der Waals surface area (Å²) in [5, 5.41) is 3.67. The molecule has 0 heterocycles. The summed E-state index contributed by atoms with van der Waals surface area (Å²) in [5.74, 6) is -0.170. The molecule has 8 nitrogen and oxygen atoms in total. The zero-order chi connectivity index (χ0) is 30.1. The normalized spacial score (nSPS) is 14.3. The van der Waals surface area contributed by atoms with Gasteiger partial charge in [-0.1, -0.05) is 61.7 Å². The summed E-state index contributed by atoms with van der Waals surface area (Å²) < 4.78 is 34.5. The van der Waals surface area contributed by atoms with Crippen molar-refractivity contribution >= 4 is 39.1 Å². The Morgan fingerprint density at radius 3 is 2.19 bits per heavy atom. The number of anilines is 1. The van der Waals surface area contributed by atoms with Crippen molar-refractivity contribution in [1.29, 1.82) is 0 Å². The van der Waals surface area contributed by atoms with E-state index in [4.69, 9.17) is 16.3 Å². The molecule has 1 aliphatic carbocycles. The first-order valence-electron chi connectivity index (χ1n) is 14.4. The maximum atomic E-state index is 14.2. The number of para-hydroxylation sites is 1. The van der Waals surface area contributed by atoms with Crippen LogP contribution in [0.15, 0.2) is 83.8 Å². The number of ether oxygens (including phenoxy) is 1. The SMILES string of the molecule is CCOc1ccc(S(=O)(=O)N(CC(=O)N(Cc2ccc(Cl)cc2)[C@H](CC)C(=O)NC2CCCC2)c2ccccc2)cc1. The van der Waals surface area contributed by atoms with E-state index in [1.165, 1.54) is 17.0 Å². The molecule has 4 rings (SSSR count). The van der Waals surface area contributed by atoms with Gasteiger partial charge in [0.2, 0.25) is 11.8 Å². The van der Waals surface area contributed by atoms with Crippen LogP contribution in [0.2, 0.25) is 5.02 Å². The number of sulfonamides is 1. The molecular weight excluding hydrogens is 574 g/mol. The highest BCUT2D eigenvalue weighted by atomic mass is 35.5. The van der Waals surface area contributed by atoms with Crippen molar-refractivity contribution < 1.29 is 22.7 Å². The molecule has 42 heavy (non-hydrogen) atoms. The first-order chi connectivity index (χ1) is 20.2. The summed E-state index contributed by atoms with van der Waals surface area (Å²) in [6, 6.07) is 21.0. The number of carbonyl (C=O) groups excluding carboxylic acids is 2. The van der Waals surface area contributed by atoms with Crippen molar-refractivity contribution in [3.8, 4) is 5.75 Å². The van der Waals surface area contributed by atoms with Gasteiger partial charge in [-0.15, -0.1) is 0 Å². The van der Waals surface area contributed by atoms with E-state index in [-0.39, 0.29) is 23.4 Å². The monoisotopic (exact) mass is 611 g/mol. The molecule has 10 heteroatoms. The van der Waals surface area contributed by atoms with E-state index in [1.807, 2.05) is 13.8 Å². The Labute approximate surface area is 253 Å². The molecule has 1 atom stereocenters. The average molecular weight is 612 g/mol. The minimum absolute atomic E-state index is 0.0258. The van der Waals surface area contributed by atoms with Gasteiger partial charge in [-0.3, -0.25) is 13.9 Å². The zero-order valence-corrected chi connectivity index (χ0v) is 25.6. The maximum absolute atomic E-state index is 14.2. The van der Waals surface area contributed by atoms with Crippen LogP contribution in [0.3, 0.4) is 0 Å². The predicted molar refractivity (Wildman–Crippen MR) is 165 cm³/mol. The Kier molecular flexibility index (Phi) is 10.9. The number of nitrogens with one attached hydrogen (secondary N) is 1. The quantitative estimate of drug-likeness (QED) is 0.264. The third-order valence-electron chi connectivity index (χ3n) is 7.40. The van der Waals surface area contributed by atoms with Gasteiger partial charge in [-0.2, -0.15) is 0 Å². The van der Waals surface area contributed by atoms with Crippen LogP contribution in [0.5, 0.6) is 5.75 Å². The molecule has 0 spiro atoms. The lowest BCUT2D eigenvalue weighted by Gasteiger charge is -2.33. The van der Waals surface area contributed by atoms with E-state index in [2.05, 4.69) is 5.32 Å². The minimum atomic E-state index is -4.15. The van der Waals surface area contributed by atoms with Crippen molar-refractivity contribution in [1.82, 2.24) is 10.2 Å². The summed E-state index contributed by atoms with van der Waals surface area (Å²) in [7, 11) is -4.15. The highest BCUT2D eigenvalue weighted by Gasteiger charge is 2.34. The van der Waals surface area contributed by atoms with E-state index >= 15 is 0 Å². The molecule has 1 fully saturated rings. The van der Waals surface area contributed by atoms with Crippen molar-refractivity contribution in [2.45, 2.75) is 69.5 Å². The lowest BCUT2D eigenvalue weighted by molar-refractivity contribution is -0.140. The van der Waals surface area contributed by atoms with Crippen LogP contribution in [0.1, 0.15) is 51.5 Å². The standard InChI is InChI=1S/C32H38ClN3O5S/c1-3-30(32(38)34-26-10-8-9-11-26)35(22-24-14-16-25(33)17-15-24)31(37)23-36(27-12-6-5-7-13-27)42(39,40)29-20-18-28(19-21-29)41-4-2/h5-7,12-21,26,30H,3-4,8-11,22-23H2,1-2H3,(H,34,38)/t30-/m1/s1. The summed E-state index contributed by atoms with van der Waals surface area (Å²) in [6.45, 7) is 3.79. The van der Waals surface area contributed by atoms with Crippen LogP contribution in [0.4, 0.5) is 5.69 Å². The Hall–Kier alpha value is -3.56. The van der Waals surface area contributed by atoms with Gasteiger partial charge in [0.05, 0.1) is 17.2 Å². The fraction of sp³-hybridized carbons (Fsp3) is 0.375. The molecule has 0 saturated heterocycles. The highest BCUT2D eigenvalue weighted by Crippen LogP contribution is 2.26. The molecule has 0 bridgehead atoms. The van der Waals surface area contributed by atoms with E-state index in [0.29, 0.717) is 29.5 Å². The number of halogens is 1. The van der Waals surface area contributed by atoms with Gasteiger partial charge in [0, 0.05) is 17.6 Å². The van der Waals surface area contributed by atoms with Crippen molar-refractivity contribution in [3.63, 3.8) is 0 Å². The molecule has 0 aliphatic heterocycles. The summed E-state index contributed by atoms with van der Waals surface area (Å²) in [4.78, 5) is 29.2. The lowest BCUT2D eigenvalue weighted by Crippen LogP contribution is -2.53. The maximum Gasteiger partial charge on any atom is 0.264 e. The van der Waals surface area contributed by atoms with Crippen LogP contribution in [0.25, 0.3) is 0 Å². The van der Waals surface area contributed by atoms with Crippen molar-refractivity contribution in [2.24, 2.45) is 0 Å². The summed E-state index contributed by atoms with van der Waals surface area (Å²) in [5.41, 5.74) is 1.12. The molecule has 2 amide bonds. The molecule has 1 N–H and O–H groups in total. The first-order valence-corrected chi connectivity index (χ1v) is 16.2. The number of benzene rings is 3. The number of amides is 2. The minimum Gasteiger partial charge on any atom is -0.494 e. The Bertz CT molecular complexity index is 1430. The van der Waals surface area contributed by atoms with Crippen LogP contribution in [0, 0.1) is 0 Å². The van der Waals surface area contributed by atoms with Gasteiger partial charge in [-0.05, 0) is 80.3 Å². The van der Waals surface area contributed by atoms with E-state index in [1.54, 1.807) is 66.7 Å². The summed E-state index contributed by atoms with van der Waals surface area (Å²) >= 11 is 6.09. The van der Waals surface area contributed by atoms with E-state index in [9.17, 15) is 18.0 Å². The molecule has 0 radical (unpaired) electrons. The molecule has 0 unspecified atom stereocenters. The Morgan fingerprint density at radius 2 is 1.60 bits per heavy atom. The Balaban J connectivity index is 1.68. The van der Waals surface area contributed by atoms with Gasteiger partial charge in [0.1, 0.15) is 18.3 Å². The predicted octanol–water partition coefficient (Wildman–Crippen LogP) is 5.80. The largest absolute Gasteiger partial charge is 0.494 e. The van der Waals surface area contributed by atoms with Crippen LogP contribution in [-0.4, -0.2) is 50.4 Å². The lowest BCUT2D eigenvalue weighted by atomic mass is 10.1. The molecule has 3 aromatic rings. The first kappa shape index (κ1) is 31.4. The number of hydrogen-bond donors (Lipinski definition) is 1. The van der Waals surface area contributed by atoms with Gasteiger partial charge in [-0.25, -0.2) is 8.42 Å². The second-order valence-corrected chi connectivity index (χ2v) is 12.6. The van der Waals surface area contributed by atoms with Crippen LogP contribution >= 0.6 is 11.6 Å². The third-order valence-corrected chi connectivity index (χ3v) is 9.44. The number of rotatable bonds is 13. The number of carbonyl (C=O) groups is 2. The molecule has 0 aromatic heterocycles. The average Bonchev–Trinajstić information content (AvgIpc) is 3.50. The fourth-order valence-electron chi connectivity index (χ4n) is 5.20. The van der Waals surface area contributed by atoms with Crippen molar-refractivity contribution in [2.75, 3.05) is 17.5 Å². The van der Waals surface area contributed by atoms with E-state index in [0.717, 1.165) is 35.6 Å². The number of hydrogen-bond acceptors (Lipinski definition) is 5. The Morgan fingerprint density at radius 1 is 0.952 bits per heavy atom. The van der Waals surface area contributed by atoms with Gasteiger partial charge in [0.25, 0.3) is 10.0 Å². The second-order valence-electron chi connectivity index (χ2n) is 10.3. The second kappa shape index (κ2) is 14.6.